The molecule has 5 rings (SSSR count). The maximum Gasteiger partial charge on any atom is 0.259 e. The van der Waals surface area contributed by atoms with Crippen molar-refractivity contribution in [3.8, 4) is 21.7 Å². The second-order valence-corrected chi connectivity index (χ2v) is 9.01. The summed E-state index contributed by atoms with van der Waals surface area (Å²) in [5.74, 6) is -0.108. The Morgan fingerprint density at radius 1 is 0.778 bits per heavy atom. The summed E-state index contributed by atoms with van der Waals surface area (Å²) < 4.78 is 0. The summed E-state index contributed by atoms with van der Waals surface area (Å²) >= 11 is 1.36. The molecular formula is C28H21N5O2S. The standard InChI is InChI=1S/C28H21N5O2S/c1-18-7-5-10-20(15-18)24-25(36-28(32-24)33-27(35)22-11-6-13-29-17-22)21-12-14-30-23(16-21)31-26(34)19-8-3-2-4-9-19/h2-17H,1H3,(H,30,31,34)(H,32,33,35). The lowest BCUT2D eigenvalue weighted by atomic mass is 10.1. The lowest BCUT2D eigenvalue weighted by molar-refractivity contribution is 0.101. The van der Waals surface area contributed by atoms with Crippen LogP contribution >= 0.6 is 11.3 Å². The highest BCUT2D eigenvalue weighted by atomic mass is 32.1. The molecule has 0 bridgehead atoms. The lowest BCUT2D eigenvalue weighted by Crippen LogP contribution is -2.12. The number of thiazole rings is 1. The second kappa shape index (κ2) is 10.3. The quantitative estimate of drug-likeness (QED) is 0.300. The number of pyridine rings is 2. The van der Waals surface area contributed by atoms with Gasteiger partial charge in [-0.25, -0.2) is 9.97 Å². The van der Waals surface area contributed by atoms with E-state index < -0.39 is 0 Å². The molecule has 2 amide bonds. The molecule has 36 heavy (non-hydrogen) atoms. The average Bonchev–Trinajstić information content (AvgIpc) is 3.34. The van der Waals surface area contributed by atoms with Crippen molar-refractivity contribution in [1.82, 2.24) is 15.0 Å². The van der Waals surface area contributed by atoms with Crippen molar-refractivity contribution in [1.29, 1.82) is 0 Å². The van der Waals surface area contributed by atoms with Gasteiger partial charge in [-0.2, -0.15) is 0 Å². The van der Waals surface area contributed by atoms with Crippen LogP contribution in [0.2, 0.25) is 0 Å². The molecule has 0 saturated carbocycles. The largest absolute Gasteiger partial charge is 0.307 e. The van der Waals surface area contributed by atoms with Crippen LogP contribution in [0.25, 0.3) is 21.7 Å². The van der Waals surface area contributed by atoms with E-state index in [0.717, 1.165) is 27.3 Å². The number of carbonyl (C=O) groups is 2. The molecule has 176 valence electrons. The van der Waals surface area contributed by atoms with Crippen LogP contribution in [0.1, 0.15) is 26.3 Å². The highest BCUT2D eigenvalue weighted by molar-refractivity contribution is 7.19. The molecule has 8 heteroatoms. The number of aromatic nitrogens is 3. The minimum absolute atomic E-state index is 0.243. The highest BCUT2D eigenvalue weighted by Gasteiger charge is 2.18. The van der Waals surface area contributed by atoms with Crippen molar-refractivity contribution in [2.24, 2.45) is 0 Å². The van der Waals surface area contributed by atoms with Crippen LogP contribution in [0.4, 0.5) is 10.9 Å². The van der Waals surface area contributed by atoms with Gasteiger partial charge in [0.15, 0.2) is 5.13 Å². The van der Waals surface area contributed by atoms with Crippen LogP contribution in [0.15, 0.2) is 97.5 Å². The van der Waals surface area contributed by atoms with Crippen molar-refractivity contribution >= 4 is 34.1 Å². The first kappa shape index (κ1) is 23.1. The molecule has 0 aliphatic rings. The molecule has 0 unspecified atom stereocenters. The first-order chi connectivity index (χ1) is 17.6. The summed E-state index contributed by atoms with van der Waals surface area (Å²) in [4.78, 5) is 39.3. The molecule has 0 aliphatic heterocycles. The fourth-order valence-corrected chi connectivity index (χ4v) is 4.62. The van der Waals surface area contributed by atoms with Gasteiger partial charge in [0.1, 0.15) is 5.82 Å². The molecule has 0 fully saturated rings. The van der Waals surface area contributed by atoms with Gasteiger partial charge in [-0.05, 0) is 55.0 Å². The van der Waals surface area contributed by atoms with Crippen molar-refractivity contribution in [3.05, 3.63) is 114 Å². The second-order valence-electron chi connectivity index (χ2n) is 8.01. The minimum Gasteiger partial charge on any atom is -0.307 e. The first-order valence-electron chi connectivity index (χ1n) is 11.2. The number of rotatable bonds is 6. The molecule has 3 aromatic heterocycles. The molecular weight excluding hydrogens is 470 g/mol. The van der Waals surface area contributed by atoms with E-state index in [9.17, 15) is 9.59 Å². The maximum atomic E-state index is 12.7. The highest BCUT2D eigenvalue weighted by Crippen LogP contribution is 2.39. The van der Waals surface area contributed by atoms with E-state index in [2.05, 4.69) is 20.6 Å². The molecule has 2 aromatic carbocycles. The van der Waals surface area contributed by atoms with E-state index in [-0.39, 0.29) is 11.8 Å². The number of aryl methyl sites for hydroxylation is 1. The fourth-order valence-electron chi connectivity index (χ4n) is 3.64. The molecule has 0 atom stereocenters. The van der Waals surface area contributed by atoms with Crippen LogP contribution in [0, 0.1) is 6.92 Å². The van der Waals surface area contributed by atoms with Crippen molar-refractivity contribution in [3.63, 3.8) is 0 Å². The average molecular weight is 492 g/mol. The predicted octanol–water partition coefficient (Wildman–Crippen LogP) is 6.08. The van der Waals surface area contributed by atoms with E-state index in [4.69, 9.17) is 4.98 Å². The monoisotopic (exact) mass is 491 g/mol. The third kappa shape index (κ3) is 5.18. The zero-order chi connectivity index (χ0) is 24.9. The Hall–Kier alpha value is -4.69. The number of carbonyl (C=O) groups excluding carboxylic acids is 2. The van der Waals surface area contributed by atoms with Gasteiger partial charge in [-0.1, -0.05) is 53.3 Å². The number of amides is 2. The number of anilines is 2. The van der Waals surface area contributed by atoms with Gasteiger partial charge in [-0.3, -0.25) is 19.9 Å². The van der Waals surface area contributed by atoms with Crippen LogP contribution in [-0.2, 0) is 0 Å². The molecule has 0 saturated heterocycles. The number of nitrogens with zero attached hydrogens (tertiary/aromatic N) is 3. The van der Waals surface area contributed by atoms with Gasteiger partial charge in [0, 0.05) is 29.7 Å². The van der Waals surface area contributed by atoms with Crippen LogP contribution in [0.3, 0.4) is 0 Å². The molecule has 0 aliphatic carbocycles. The Morgan fingerprint density at radius 2 is 1.58 bits per heavy atom. The van der Waals surface area contributed by atoms with Gasteiger partial charge in [-0.15, -0.1) is 0 Å². The van der Waals surface area contributed by atoms with E-state index in [1.54, 1.807) is 42.7 Å². The maximum absolute atomic E-state index is 12.7. The van der Waals surface area contributed by atoms with E-state index in [1.807, 2.05) is 55.5 Å². The summed E-state index contributed by atoms with van der Waals surface area (Å²) in [5.41, 5.74) is 4.57. The Morgan fingerprint density at radius 3 is 2.36 bits per heavy atom. The molecule has 3 heterocycles. The van der Waals surface area contributed by atoms with E-state index in [0.29, 0.717) is 22.1 Å². The Kier molecular flexibility index (Phi) is 6.59. The molecule has 2 N–H and O–H groups in total. The van der Waals surface area contributed by atoms with E-state index >= 15 is 0 Å². The number of nitrogens with one attached hydrogen (secondary N) is 2. The van der Waals surface area contributed by atoms with Crippen molar-refractivity contribution in [2.75, 3.05) is 10.6 Å². The van der Waals surface area contributed by atoms with Crippen LogP contribution in [-0.4, -0.2) is 26.8 Å². The topological polar surface area (TPSA) is 96.9 Å². The zero-order valence-electron chi connectivity index (χ0n) is 19.3. The summed E-state index contributed by atoms with van der Waals surface area (Å²) in [6.45, 7) is 2.02. The van der Waals surface area contributed by atoms with Crippen LogP contribution < -0.4 is 10.6 Å². The molecule has 7 nitrogen and oxygen atoms in total. The minimum atomic E-state index is -0.287. The summed E-state index contributed by atoms with van der Waals surface area (Å²) in [7, 11) is 0. The molecule has 0 spiro atoms. The fraction of sp³-hybridized carbons (Fsp3) is 0.0357. The Balaban J connectivity index is 1.50. The van der Waals surface area contributed by atoms with E-state index in [1.165, 1.54) is 17.5 Å². The third-order valence-electron chi connectivity index (χ3n) is 5.36. The van der Waals surface area contributed by atoms with Gasteiger partial charge in [0.25, 0.3) is 11.8 Å². The Bertz CT molecular complexity index is 1530. The zero-order valence-corrected chi connectivity index (χ0v) is 20.1. The molecule has 5 aromatic rings. The van der Waals surface area contributed by atoms with Crippen molar-refractivity contribution < 1.29 is 9.59 Å². The normalized spacial score (nSPS) is 10.6. The predicted molar refractivity (Wildman–Crippen MR) is 142 cm³/mol. The van der Waals surface area contributed by atoms with Gasteiger partial charge in [0.05, 0.1) is 16.1 Å². The van der Waals surface area contributed by atoms with Gasteiger partial charge < -0.3 is 5.32 Å². The Labute approximate surface area is 211 Å². The smallest absolute Gasteiger partial charge is 0.259 e. The summed E-state index contributed by atoms with van der Waals surface area (Å²) in [6, 6.07) is 24.1. The first-order valence-corrected chi connectivity index (χ1v) is 12.0. The van der Waals surface area contributed by atoms with Crippen molar-refractivity contribution in [2.45, 2.75) is 6.92 Å². The van der Waals surface area contributed by atoms with Gasteiger partial charge in [0.2, 0.25) is 0 Å². The summed E-state index contributed by atoms with van der Waals surface area (Å²) in [5, 5.41) is 6.20. The SMILES string of the molecule is Cc1cccc(-c2nc(NC(=O)c3cccnc3)sc2-c2ccnc(NC(=O)c3ccccc3)c2)c1. The number of hydrogen-bond acceptors (Lipinski definition) is 6. The number of hydrogen-bond donors (Lipinski definition) is 2. The van der Waals surface area contributed by atoms with Crippen LogP contribution in [0.5, 0.6) is 0 Å². The lowest BCUT2D eigenvalue weighted by Gasteiger charge is -2.07. The molecule has 0 radical (unpaired) electrons. The number of benzene rings is 2. The summed E-state index contributed by atoms with van der Waals surface area (Å²) in [6.07, 6.45) is 4.77. The van der Waals surface area contributed by atoms with Gasteiger partial charge >= 0.3 is 0 Å². The third-order valence-corrected chi connectivity index (χ3v) is 6.38.